The van der Waals surface area contributed by atoms with Gasteiger partial charge in [-0.2, -0.15) is 4.31 Å². The zero-order valence-electron chi connectivity index (χ0n) is 11.7. The lowest BCUT2D eigenvalue weighted by Gasteiger charge is -2.21. The van der Waals surface area contributed by atoms with Gasteiger partial charge in [-0.15, -0.1) is 0 Å². The first-order chi connectivity index (χ1) is 9.54. The summed E-state index contributed by atoms with van der Waals surface area (Å²) >= 11 is 5.96. The van der Waals surface area contributed by atoms with Gasteiger partial charge in [0, 0.05) is 20.2 Å². The zero-order valence-corrected chi connectivity index (χ0v) is 13.3. The Morgan fingerprint density at radius 1 is 1.20 bits per heavy atom. The molecule has 0 spiro atoms. The van der Waals surface area contributed by atoms with Crippen LogP contribution in [0.1, 0.15) is 6.92 Å². The summed E-state index contributed by atoms with van der Waals surface area (Å²) in [5.41, 5.74) is 0. The number of sulfonamides is 1. The van der Waals surface area contributed by atoms with Gasteiger partial charge in [0.1, 0.15) is 4.90 Å². The van der Waals surface area contributed by atoms with Crippen LogP contribution in [0.5, 0.6) is 0 Å². The molecule has 114 valence electrons. The molecule has 0 aliphatic heterocycles. The molecule has 1 aromatic rings. The van der Waals surface area contributed by atoms with Crippen molar-refractivity contribution < 1.29 is 17.9 Å². The molecule has 7 heteroatoms. The molecular formula is C13H20ClNO4S. The van der Waals surface area contributed by atoms with Gasteiger partial charge < -0.3 is 9.47 Å². The number of rotatable bonds is 9. The Hall–Kier alpha value is -0.660. The van der Waals surface area contributed by atoms with Crippen LogP contribution in [0.3, 0.4) is 0 Å². The van der Waals surface area contributed by atoms with Gasteiger partial charge in [-0.3, -0.25) is 0 Å². The van der Waals surface area contributed by atoms with Crippen LogP contribution >= 0.6 is 11.6 Å². The van der Waals surface area contributed by atoms with Gasteiger partial charge in [0.2, 0.25) is 10.0 Å². The van der Waals surface area contributed by atoms with E-state index in [0.717, 1.165) is 0 Å². The SMILES string of the molecule is CCN(CCOCCOC)S(=O)(=O)c1ccccc1Cl. The number of ether oxygens (including phenoxy) is 2. The Morgan fingerprint density at radius 2 is 1.90 bits per heavy atom. The summed E-state index contributed by atoms with van der Waals surface area (Å²) in [5, 5.41) is 0.228. The molecule has 0 unspecified atom stereocenters. The second-order valence-corrected chi connectivity index (χ2v) is 6.35. The molecule has 0 N–H and O–H groups in total. The highest BCUT2D eigenvalue weighted by Crippen LogP contribution is 2.23. The van der Waals surface area contributed by atoms with Crippen LogP contribution in [0.15, 0.2) is 29.2 Å². The molecule has 0 saturated heterocycles. The third kappa shape index (κ3) is 4.71. The van der Waals surface area contributed by atoms with Crippen molar-refractivity contribution in [3.05, 3.63) is 29.3 Å². The highest BCUT2D eigenvalue weighted by molar-refractivity contribution is 7.89. The van der Waals surface area contributed by atoms with Crippen molar-refractivity contribution >= 4 is 21.6 Å². The molecule has 0 aromatic heterocycles. The van der Waals surface area contributed by atoms with Crippen molar-refractivity contribution in [1.82, 2.24) is 4.31 Å². The van der Waals surface area contributed by atoms with Crippen molar-refractivity contribution in [2.45, 2.75) is 11.8 Å². The molecule has 20 heavy (non-hydrogen) atoms. The van der Waals surface area contributed by atoms with Crippen molar-refractivity contribution in [3.8, 4) is 0 Å². The predicted molar refractivity (Wildman–Crippen MR) is 78.6 cm³/mol. The normalized spacial score (nSPS) is 12.0. The monoisotopic (exact) mass is 321 g/mol. The molecule has 1 rings (SSSR count). The molecule has 0 fully saturated rings. The third-order valence-electron chi connectivity index (χ3n) is 2.72. The maximum atomic E-state index is 12.5. The Labute approximate surface area is 125 Å². The number of methoxy groups -OCH3 is 1. The Balaban J connectivity index is 2.71. The second kappa shape index (κ2) is 8.59. The lowest BCUT2D eigenvalue weighted by molar-refractivity contribution is 0.0661. The molecule has 0 aliphatic carbocycles. The molecule has 0 saturated carbocycles. The van der Waals surface area contributed by atoms with Gasteiger partial charge in [-0.05, 0) is 12.1 Å². The molecule has 0 bridgehead atoms. The summed E-state index contributed by atoms with van der Waals surface area (Å²) in [6.45, 7) is 3.68. The lowest BCUT2D eigenvalue weighted by atomic mass is 10.4. The summed E-state index contributed by atoms with van der Waals surface area (Å²) in [5.74, 6) is 0. The first kappa shape index (κ1) is 17.4. The summed E-state index contributed by atoms with van der Waals surface area (Å²) in [6.07, 6.45) is 0. The molecule has 0 aliphatic rings. The van der Waals surface area contributed by atoms with Crippen LogP contribution in [0.2, 0.25) is 5.02 Å². The van der Waals surface area contributed by atoms with Crippen LogP contribution in [0.25, 0.3) is 0 Å². The number of hydrogen-bond acceptors (Lipinski definition) is 4. The van der Waals surface area contributed by atoms with Crippen LogP contribution in [0, 0.1) is 0 Å². The zero-order chi connectivity index (χ0) is 15.0. The van der Waals surface area contributed by atoms with Crippen LogP contribution in [-0.2, 0) is 19.5 Å². The average Bonchev–Trinajstić information content (AvgIpc) is 2.43. The quantitative estimate of drug-likeness (QED) is 0.653. The minimum absolute atomic E-state index is 0.125. The highest BCUT2D eigenvalue weighted by Gasteiger charge is 2.24. The van der Waals surface area contributed by atoms with E-state index < -0.39 is 10.0 Å². The number of nitrogens with zero attached hydrogens (tertiary/aromatic N) is 1. The minimum atomic E-state index is -3.58. The number of hydrogen-bond donors (Lipinski definition) is 0. The van der Waals surface area contributed by atoms with Crippen LogP contribution in [-0.4, -0.2) is 52.7 Å². The van der Waals surface area contributed by atoms with Crippen molar-refractivity contribution in [2.75, 3.05) is 40.0 Å². The van der Waals surface area contributed by atoms with Crippen LogP contribution < -0.4 is 0 Å². The molecule has 0 radical (unpaired) electrons. The molecule has 0 heterocycles. The van der Waals surface area contributed by atoms with Gasteiger partial charge in [0.05, 0.1) is 24.8 Å². The fourth-order valence-electron chi connectivity index (χ4n) is 1.65. The van der Waals surface area contributed by atoms with Gasteiger partial charge in [-0.25, -0.2) is 8.42 Å². The van der Waals surface area contributed by atoms with E-state index in [0.29, 0.717) is 26.4 Å². The Kier molecular flexibility index (Phi) is 7.47. The molecule has 0 atom stereocenters. The molecular weight excluding hydrogens is 302 g/mol. The van der Waals surface area contributed by atoms with E-state index in [1.165, 1.54) is 10.4 Å². The number of likely N-dealkylation sites (N-methyl/N-ethyl adjacent to an activating group) is 1. The average molecular weight is 322 g/mol. The van der Waals surface area contributed by atoms with E-state index in [1.54, 1.807) is 32.2 Å². The predicted octanol–water partition coefficient (Wildman–Crippen LogP) is 2.01. The smallest absolute Gasteiger partial charge is 0.244 e. The fourth-order valence-corrected chi connectivity index (χ4v) is 3.58. The first-order valence-electron chi connectivity index (χ1n) is 6.35. The lowest BCUT2D eigenvalue weighted by Crippen LogP contribution is -2.34. The standard InChI is InChI=1S/C13H20ClNO4S/c1-3-15(8-9-19-11-10-18-2)20(16,17)13-7-5-4-6-12(13)14/h4-7H,3,8-11H2,1-2H3. The summed E-state index contributed by atoms with van der Waals surface area (Å²) in [4.78, 5) is 0.125. The summed E-state index contributed by atoms with van der Waals surface area (Å²) in [7, 11) is -2.00. The molecule has 0 amide bonds. The van der Waals surface area contributed by atoms with Crippen LogP contribution in [0.4, 0.5) is 0 Å². The second-order valence-electron chi connectivity index (χ2n) is 4.03. The van der Waals surface area contributed by atoms with Crippen molar-refractivity contribution in [1.29, 1.82) is 0 Å². The van der Waals surface area contributed by atoms with E-state index >= 15 is 0 Å². The van der Waals surface area contributed by atoms with Gasteiger partial charge in [-0.1, -0.05) is 30.7 Å². The van der Waals surface area contributed by atoms with E-state index in [4.69, 9.17) is 21.1 Å². The number of benzene rings is 1. The fraction of sp³-hybridized carbons (Fsp3) is 0.538. The molecule has 1 aromatic carbocycles. The third-order valence-corrected chi connectivity index (χ3v) is 5.20. The Bertz CT molecular complexity index is 507. The largest absolute Gasteiger partial charge is 0.382 e. The molecule has 5 nitrogen and oxygen atoms in total. The maximum Gasteiger partial charge on any atom is 0.244 e. The van der Waals surface area contributed by atoms with E-state index in [2.05, 4.69) is 0 Å². The summed E-state index contributed by atoms with van der Waals surface area (Å²) < 4.78 is 36.4. The van der Waals surface area contributed by atoms with E-state index in [9.17, 15) is 8.42 Å². The maximum absolute atomic E-state index is 12.5. The van der Waals surface area contributed by atoms with Gasteiger partial charge in [0.25, 0.3) is 0 Å². The minimum Gasteiger partial charge on any atom is -0.382 e. The summed E-state index contributed by atoms with van der Waals surface area (Å²) in [6, 6.07) is 6.43. The van der Waals surface area contributed by atoms with E-state index in [1.807, 2.05) is 0 Å². The van der Waals surface area contributed by atoms with Gasteiger partial charge >= 0.3 is 0 Å². The topological polar surface area (TPSA) is 55.8 Å². The first-order valence-corrected chi connectivity index (χ1v) is 8.17. The van der Waals surface area contributed by atoms with Crippen molar-refractivity contribution in [3.63, 3.8) is 0 Å². The van der Waals surface area contributed by atoms with Crippen molar-refractivity contribution in [2.24, 2.45) is 0 Å². The van der Waals surface area contributed by atoms with Gasteiger partial charge in [0.15, 0.2) is 0 Å². The number of halogens is 1. The highest BCUT2D eigenvalue weighted by atomic mass is 35.5. The van der Waals surface area contributed by atoms with E-state index in [-0.39, 0.29) is 16.5 Å². The Morgan fingerprint density at radius 3 is 2.50 bits per heavy atom.